The van der Waals surface area contributed by atoms with Gasteiger partial charge in [0.2, 0.25) is 23.6 Å². The second-order valence-corrected chi connectivity index (χ2v) is 13.3. The maximum Gasteiger partial charge on any atom is 0.241 e. The minimum atomic E-state index is -1.37. The van der Waals surface area contributed by atoms with Crippen molar-refractivity contribution in [2.24, 2.45) is 29.1 Å². The number of amides is 4. The Morgan fingerprint density at radius 2 is 1.68 bits per heavy atom. The second-order valence-electron chi connectivity index (χ2n) is 12.9. The molecule has 0 unspecified atom stereocenters. The van der Waals surface area contributed by atoms with Gasteiger partial charge in [0.25, 0.3) is 0 Å². The minimum Gasteiger partial charge on any atom is -0.507 e. The molecule has 9 heteroatoms. The Morgan fingerprint density at radius 3 is 2.36 bits per heavy atom. The van der Waals surface area contributed by atoms with Crippen molar-refractivity contribution in [3.05, 3.63) is 119 Å². The number of hydrogen-bond acceptors (Lipinski definition) is 5. The summed E-state index contributed by atoms with van der Waals surface area (Å²) in [6.45, 7) is 9.29. The SMILES string of the molecule is C=CCc1cccc([C@H]2C3=CC[C@@H]4C(=O)N(c5ccc(C=C)cc5)C(=O)[C@@H]4[C@@H]3C[C@H]3C(=O)N(c4ccc(F)c(Cl)c4)C(=O)[C@@]23C)c1O. The lowest BCUT2D eigenvalue weighted by atomic mass is 9.51. The van der Waals surface area contributed by atoms with Crippen molar-refractivity contribution in [2.45, 2.75) is 32.1 Å². The van der Waals surface area contributed by atoms with E-state index in [1.807, 2.05) is 6.08 Å². The number of para-hydroxylation sites is 1. The maximum atomic E-state index is 14.6. The Balaban J connectivity index is 1.38. The van der Waals surface area contributed by atoms with E-state index >= 15 is 0 Å². The molecule has 1 saturated carbocycles. The largest absolute Gasteiger partial charge is 0.507 e. The molecule has 2 heterocycles. The highest BCUT2D eigenvalue weighted by atomic mass is 35.5. The van der Waals surface area contributed by atoms with Gasteiger partial charge in [0.1, 0.15) is 11.6 Å². The molecule has 3 fully saturated rings. The van der Waals surface area contributed by atoms with Crippen LogP contribution in [0.3, 0.4) is 0 Å². The standard InChI is InChI=1S/C38H32ClFN2O5/c1-4-7-21-8-6-9-26(33(21)43)32-24-15-16-25-31(36(46)41(34(25)44)22-12-10-20(5-2)11-13-22)27(24)19-28-35(45)42(37(47)38(28,32)3)23-14-17-30(40)29(39)18-23/h4-6,8-15,17-18,25,27-28,31-32,43H,1-2,7,16,19H2,3H3/t25-,27+,28-,31-,32+,38+/m0/s1. The van der Waals surface area contributed by atoms with Crippen LogP contribution in [0.1, 0.15) is 42.4 Å². The van der Waals surface area contributed by atoms with E-state index in [9.17, 15) is 28.7 Å². The van der Waals surface area contributed by atoms with Gasteiger partial charge in [0, 0.05) is 11.5 Å². The number of anilines is 2. The number of aromatic hydroxyl groups is 1. The lowest BCUT2D eigenvalue weighted by Gasteiger charge is -2.49. The second kappa shape index (κ2) is 11.2. The summed E-state index contributed by atoms with van der Waals surface area (Å²) in [5, 5.41) is 11.4. The van der Waals surface area contributed by atoms with Crippen LogP contribution >= 0.6 is 11.6 Å². The number of imide groups is 2. The summed E-state index contributed by atoms with van der Waals surface area (Å²) < 4.78 is 14.1. The first-order valence-electron chi connectivity index (χ1n) is 15.6. The fourth-order valence-electron chi connectivity index (χ4n) is 8.41. The van der Waals surface area contributed by atoms with Crippen molar-refractivity contribution in [3.8, 4) is 5.75 Å². The number of carbonyl (C=O) groups excluding carboxylic acids is 4. The van der Waals surface area contributed by atoms with Gasteiger partial charge < -0.3 is 5.11 Å². The highest BCUT2D eigenvalue weighted by molar-refractivity contribution is 6.32. The van der Waals surface area contributed by atoms with Crippen molar-refractivity contribution in [2.75, 3.05) is 9.80 Å². The fourth-order valence-corrected chi connectivity index (χ4v) is 8.58. The highest BCUT2D eigenvalue weighted by Crippen LogP contribution is 2.64. The number of halogens is 2. The molecule has 2 aliphatic carbocycles. The van der Waals surface area contributed by atoms with Crippen LogP contribution in [0, 0.1) is 34.9 Å². The molecule has 4 amide bonds. The van der Waals surface area contributed by atoms with Crippen molar-refractivity contribution in [1.29, 1.82) is 0 Å². The van der Waals surface area contributed by atoms with Crippen molar-refractivity contribution >= 4 is 52.7 Å². The zero-order valence-corrected chi connectivity index (χ0v) is 26.4. The molecule has 7 nitrogen and oxygen atoms in total. The van der Waals surface area contributed by atoms with Crippen LogP contribution in [0.2, 0.25) is 5.02 Å². The number of benzene rings is 3. The molecule has 2 aliphatic heterocycles. The van der Waals surface area contributed by atoms with Crippen molar-refractivity contribution in [1.82, 2.24) is 0 Å². The number of carbonyl (C=O) groups is 4. The predicted octanol–water partition coefficient (Wildman–Crippen LogP) is 6.99. The number of nitrogens with zero attached hydrogens (tertiary/aromatic N) is 2. The Hall–Kier alpha value is -4.82. The van der Waals surface area contributed by atoms with Gasteiger partial charge in [-0.25, -0.2) is 9.29 Å². The molecule has 0 radical (unpaired) electrons. The van der Waals surface area contributed by atoms with E-state index in [1.165, 1.54) is 17.0 Å². The molecule has 3 aromatic carbocycles. The summed E-state index contributed by atoms with van der Waals surface area (Å²) in [7, 11) is 0. The summed E-state index contributed by atoms with van der Waals surface area (Å²) in [4.78, 5) is 59.3. The normalized spacial score (nSPS) is 28.1. The summed E-state index contributed by atoms with van der Waals surface area (Å²) in [6, 6.07) is 16.0. The Kier molecular flexibility index (Phi) is 7.32. The summed E-state index contributed by atoms with van der Waals surface area (Å²) in [6.07, 6.45) is 6.06. The molecule has 0 aromatic heterocycles. The zero-order valence-electron chi connectivity index (χ0n) is 25.7. The third kappa shape index (κ3) is 4.38. The molecule has 0 spiro atoms. The quantitative estimate of drug-likeness (QED) is 0.229. The van der Waals surface area contributed by atoms with E-state index < -0.39 is 52.6 Å². The molecular formula is C38H32ClFN2O5. The molecule has 3 aromatic rings. The van der Waals surface area contributed by atoms with Gasteiger partial charge >= 0.3 is 0 Å². The third-order valence-electron chi connectivity index (χ3n) is 10.6. The van der Waals surface area contributed by atoms with E-state index in [1.54, 1.807) is 61.5 Å². The van der Waals surface area contributed by atoms with Crippen molar-refractivity contribution in [3.63, 3.8) is 0 Å². The average molecular weight is 651 g/mol. The predicted molar refractivity (Wildman–Crippen MR) is 177 cm³/mol. The van der Waals surface area contributed by atoms with Gasteiger partial charge in [-0.2, -0.15) is 0 Å². The molecule has 238 valence electrons. The lowest BCUT2D eigenvalue weighted by molar-refractivity contribution is -0.131. The number of fused-ring (bicyclic) bond motifs is 4. The van der Waals surface area contributed by atoms with Crippen LogP contribution in [0.5, 0.6) is 5.75 Å². The van der Waals surface area contributed by atoms with Crippen LogP contribution < -0.4 is 9.80 Å². The van der Waals surface area contributed by atoms with Gasteiger partial charge in [-0.1, -0.05) is 72.3 Å². The number of phenols is 1. The van der Waals surface area contributed by atoms with Gasteiger partial charge in [-0.05, 0) is 73.6 Å². The first kappa shape index (κ1) is 30.8. The third-order valence-corrected chi connectivity index (χ3v) is 10.9. The fraction of sp³-hybridized carbons (Fsp3) is 0.263. The Bertz CT molecular complexity index is 1940. The van der Waals surface area contributed by atoms with E-state index in [2.05, 4.69) is 13.2 Å². The van der Waals surface area contributed by atoms with Gasteiger partial charge in [-0.3, -0.25) is 24.1 Å². The molecule has 1 N–H and O–H groups in total. The maximum absolute atomic E-state index is 14.6. The summed E-state index contributed by atoms with van der Waals surface area (Å²) >= 11 is 6.09. The monoisotopic (exact) mass is 650 g/mol. The Morgan fingerprint density at radius 1 is 0.957 bits per heavy atom. The lowest BCUT2D eigenvalue weighted by Crippen LogP contribution is -2.49. The molecule has 47 heavy (non-hydrogen) atoms. The van der Waals surface area contributed by atoms with Gasteiger partial charge in [0.05, 0.1) is 39.6 Å². The first-order chi connectivity index (χ1) is 22.5. The van der Waals surface area contributed by atoms with E-state index in [-0.39, 0.29) is 41.1 Å². The summed E-state index contributed by atoms with van der Waals surface area (Å²) in [5.74, 6) is -6.01. The van der Waals surface area contributed by atoms with Crippen molar-refractivity contribution < 1.29 is 28.7 Å². The van der Waals surface area contributed by atoms with Gasteiger partial charge in [0.15, 0.2) is 0 Å². The Labute approximate surface area is 276 Å². The molecule has 0 bridgehead atoms. The van der Waals surface area contributed by atoms with E-state index in [0.717, 1.165) is 22.1 Å². The average Bonchev–Trinajstić information content (AvgIpc) is 3.43. The molecular weight excluding hydrogens is 619 g/mol. The van der Waals surface area contributed by atoms with Crippen LogP contribution in [-0.4, -0.2) is 28.7 Å². The van der Waals surface area contributed by atoms with Crippen LogP contribution in [0.4, 0.5) is 15.8 Å². The van der Waals surface area contributed by atoms with Crippen LogP contribution in [0.25, 0.3) is 6.08 Å². The van der Waals surface area contributed by atoms with E-state index in [0.29, 0.717) is 23.2 Å². The van der Waals surface area contributed by atoms with Crippen LogP contribution in [0.15, 0.2) is 91.5 Å². The molecule has 7 rings (SSSR count). The topological polar surface area (TPSA) is 95.0 Å². The summed E-state index contributed by atoms with van der Waals surface area (Å²) in [5.41, 5.74) is 1.89. The molecule has 4 aliphatic rings. The first-order valence-corrected chi connectivity index (χ1v) is 16.0. The number of hydrogen-bond donors (Lipinski definition) is 1. The van der Waals surface area contributed by atoms with Crippen LogP contribution in [-0.2, 0) is 25.6 Å². The number of phenolic OH excluding ortho intramolecular Hbond substituents is 1. The molecule has 6 atom stereocenters. The number of rotatable bonds is 6. The van der Waals surface area contributed by atoms with Gasteiger partial charge in [-0.15, -0.1) is 6.58 Å². The number of allylic oxidation sites excluding steroid dienone is 3. The smallest absolute Gasteiger partial charge is 0.241 e. The minimum absolute atomic E-state index is 0.0117. The highest BCUT2D eigenvalue weighted by Gasteiger charge is 2.68. The zero-order chi connectivity index (χ0) is 33.4. The molecule has 2 saturated heterocycles. The van der Waals surface area contributed by atoms with E-state index in [4.69, 9.17) is 11.6 Å².